The predicted molar refractivity (Wildman–Crippen MR) is 173 cm³/mol. The SMILES string of the molecule is CCC(Sc1cccc(NC(=O)/C(=C/c2ccc(C)cc2)NC(=O)c2ccccc2)c1)C(=O)Nc1ccc(Cl)c(Cl)c1. The van der Waals surface area contributed by atoms with E-state index in [1.165, 1.54) is 11.8 Å². The molecule has 0 heterocycles. The standard InChI is InChI=1S/C33H29Cl2N3O3S/c1-3-30(33(41)37-25-16-17-27(34)28(35)20-25)42-26-11-7-10-24(19-26)36-32(40)29(18-22-14-12-21(2)13-15-22)38-31(39)23-8-5-4-6-9-23/h4-20,30H,3H2,1-2H3,(H,36,40)(H,37,41)(H,38,39)/b29-18-. The van der Waals surface area contributed by atoms with Crippen molar-refractivity contribution < 1.29 is 14.4 Å². The molecular weight excluding hydrogens is 589 g/mol. The van der Waals surface area contributed by atoms with Gasteiger partial charge in [0, 0.05) is 21.8 Å². The fourth-order valence-corrected chi connectivity index (χ4v) is 5.21. The van der Waals surface area contributed by atoms with Gasteiger partial charge in [0.25, 0.3) is 11.8 Å². The Balaban J connectivity index is 1.49. The summed E-state index contributed by atoms with van der Waals surface area (Å²) >= 11 is 13.4. The normalized spacial score (nSPS) is 11.9. The Kier molecular flexibility index (Phi) is 10.8. The number of carbonyl (C=O) groups excluding carboxylic acids is 3. The highest BCUT2D eigenvalue weighted by atomic mass is 35.5. The van der Waals surface area contributed by atoms with Gasteiger partial charge in [-0.15, -0.1) is 11.8 Å². The van der Waals surface area contributed by atoms with Crippen molar-refractivity contribution >= 4 is 70.1 Å². The van der Waals surface area contributed by atoms with Gasteiger partial charge in [0.05, 0.1) is 15.3 Å². The Morgan fingerprint density at radius 3 is 2.21 bits per heavy atom. The van der Waals surface area contributed by atoms with Crippen LogP contribution in [0.4, 0.5) is 11.4 Å². The van der Waals surface area contributed by atoms with E-state index in [-0.39, 0.29) is 11.6 Å². The molecule has 3 amide bonds. The van der Waals surface area contributed by atoms with Crippen molar-refractivity contribution in [2.24, 2.45) is 0 Å². The molecule has 1 atom stereocenters. The van der Waals surface area contributed by atoms with Crippen molar-refractivity contribution in [2.75, 3.05) is 10.6 Å². The van der Waals surface area contributed by atoms with Crippen molar-refractivity contribution in [1.82, 2.24) is 5.32 Å². The van der Waals surface area contributed by atoms with Crippen molar-refractivity contribution in [1.29, 1.82) is 0 Å². The van der Waals surface area contributed by atoms with Crippen molar-refractivity contribution in [3.05, 3.63) is 129 Å². The van der Waals surface area contributed by atoms with Crippen LogP contribution in [-0.4, -0.2) is 23.0 Å². The summed E-state index contributed by atoms with van der Waals surface area (Å²) in [6.45, 7) is 3.90. The molecule has 4 aromatic rings. The van der Waals surface area contributed by atoms with E-state index in [1.807, 2.05) is 50.2 Å². The zero-order chi connectivity index (χ0) is 30.1. The van der Waals surface area contributed by atoms with Gasteiger partial charge in [0.15, 0.2) is 0 Å². The van der Waals surface area contributed by atoms with E-state index in [1.54, 1.807) is 66.7 Å². The number of aryl methyl sites for hydroxylation is 1. The van der Waals surface area contributed by atoms with Crippen LogP contribution in [0.1, 0.15) is 34.8 Å². The molecule has 42 heavy (non-hydrogen) atoms. The van der Waals surface area contributed by atoms with Crippen LogP contribution in [0.15, 0.2) is 108 Å². The predicted octanol–water partition coefficient (Wildman–Crippen LogP) is 8.22. The van der Waals surface area contributed by atoms with E-state index < -0.39 is 17.1 Å². The fraction of sp³-hybridized carbons (Fsp3) is 0.121. The van der Waals surface area contributed by atoms with Gasteiger partial charge in [-0.25, -0.2) is 0 Å². The molecule has 6 nitrogen and oxygen atoms in total. The Hall–Kier alpha value is -4.04. The fourth-order valence-electron chi connectivity index (χ4n) is 3.90. The van der Waals surface area contributed by atoms with Crippen molar-refractivity contribution in [2.45, 2.75) is 30.4 Å². The van der Waals surface area contributed by atoms with Crippen LogP contribution < -0.4 is 16.0 Å². The topological polar surface area (TPSA) is 87.3 Å². The maximum Gasteiger partial charge on any atom is 0.272 e. The van der Waals surface area contributed by atoms with E-state index in [0.29, 0.717) is 33.4 Å². The first-order valence-electron chi connectivity index (χ1n) is 13.2. The second-order valence-electron chi connectivity index (χ2n) is 9.40. The summed E-state index contributed by atoms with van der Waals surface area (Å²) in [5.41, 5.74) is 3.45. The second kappa shape index (κ2) is 14.7. The van der Waals surface area contributed by atoms with Crippen LogP contribution in [0, 0.1) is 6.92 Å². The molecule has 0 fully saturated rings. The second-order valence-corrected chi connectivity index (χ2v) is 11.5. The Morgan fingerprint density at radius 2 is 1.52 bits per heavy atom. The van der Waals surface area contributed by atoms with Gasteiger partial charge in [-0.2, -0.15) is 0 Å². The lowest BCUT2D eigenvalue weighted by atomic mass is 10.1. The van der Waals surface area contributed by atoms with Crippen LogP contribution in [-0.2, 0) is 9.59 Å². The zero-order valence-electron chi connectivity index (χ0n) is 23.0. The van der Waals surface area contributed by atoms with Crippen LogP contribution in [0.5, 0.6) is 0 Å². The molecule has 0 radical (unpaired) electrons. The monoisotopic (exact) mass is 617 g/mol. The van der Waals surface area contributed by atoms with Gasteiger partial charge in [-0.3, -0.25) is 14.4 Å². The summed E-state index contributed by atoms with van der Waals surface area (Å²) in [5.74, 6) is -1.05. The summed E-state index contributed by atoms with van der Waals surface area (Å²) in [7, 11) is 0. The van der Waals surface area contributed by atoms with Crippen LogP contribution in [0.3, 0.4) is 0 Å². The third-order valence-electron chi connectivity index (χ3n) is 6.14. The number of carbonyl (C=O) groups is 3. The largest absolute Gasteiger partial charge is 0.325 e. The molecule has 214 valence electrons. The number of hydrogen-bond acceptors (Lipinski definition) is 4. The Labute approximate surface area is 259 Å². The van der Waals surface area contributed by atoms with Crippen molar-refractivity contribution in [3.63, 3.8) is 0 Å². The number of hydrogen-bond donors (Lipinski definition) is 3. The van der Waals surface area contributed by atoms with E-state index in [2.05, 4.69) is 16.0 Å². The maximum atomic E-state index is 13.4. The molecule has 4 rings (SSSR count). The summed E-state index contributed by atoms with van der Waals surface area (Å²) in [5, 5.41) is 8.88. The minimum Gasteiger partial charge on any atom is -0.325 e. The Morgan fingerprint density at radius 1 is 0.810 bits per heavy atom. The molecule has 9 heteroatoms. The molecule has 0 spiro atoms. The summed E-state index contributed by atoms with van der Waals surface area (Å²) in [4.78, 5) is 40.1. The number of thioether (sulfide) groups is 1. The van der Waals surface area contributed by atoms with E-state index in [0.717, 1.165) is 16.0 Å². The number of anilines is 2. The highest BCUT2D eigenvalue weighted by Crippen LogP contribution is 2.30. The van der Waals surface area contributed by atoms with Gasteiger partial charge in [-0.05, 0) is 73.5 Å². The van der Waals surface area contributed by atoms with E-state index in [4.69, 9.17) is 23.2 Å². The minimum atomic E-state index is -0.480. The number of amides is 3. The van der Waals surface area contributed by atoms with Crippen molar-refractivity contribution in [3.8, 4) is 0 Å². The maximum absolute atomic E-state index is 13.4. The number of rotatable bonds is 10. The van der Waals surface area contributed by atoms with Crippen LogP contribution >= 0.6 is 35.0 Å². The molecule has 0 aliphatic carbocycles. The number of halogens is 2. The quantitative estimate of drug-likeness (QED) is 0.124. The van der Waals surface area contributed by atoms with Gasteiger partial charge >= 0.3 is 0 Å². The Bertz CT molecular complexity index is 1610. The summed E-state index contributed by atoms with van der Waals surface area (Å²) in [6, 6.07) is 28.5. The third kappa shape index (κ3) is 8.73. The molecule has 0 aliphatic rings. The molecule has 4 aromatic carbocycles. The first kappa shape index (κ1) is 30.9. The van der Waals surface area contributed by atoms with Gasteiger partial charge < -0.3 is 16.0 Å². The summed E-state index contributed by atoms with van der Waals surface area (Å²) < 4.78 is 0. The highest BCUT2D eigenvalue weighted by molar-refractivity contribution is 8.00. The number of benzene rings is 4. The first-order chi connectivity index (χ1) is 20.2. The molecular formula is C33H29Cl2N3O3S. The van der Waals surface area contributed by atoms with Gasteiger partial charge in [0.2, 0.25) is 5.91 Å². The number of nitrogens with one attached hydrogen (secondary N) is 3. The van der Waals surface area contributed by atoms with E-state index >= 15 is 0 Å². The lowest BCUT2D eigenvalue weighted by Gasteiger charge is -2.16. The molecule has 0 aliphatic heterocycles. The molecule has 0 bridgehead atoms. The zero-order valence-corrected chi connectivity index (χ0v) is 25.3. The third-order valence-corrected chi connectivity index (χ3v) is 8.23. The molecule has 1 unspecified atom stereocenters. The van der Waals surface area contributed by atoms with Gasteiger partial charge in [0.1, 0.15) is 5.70 Å². The molecule has 0 saturated carbocycles. The smallest absolute Gasteiger partial charge is 0.272 e. The molecule has 0 aromatic heterocycles. The first-order valence-corrected chi connectivity index (χ1v) is 14.8. The lowest BCUT2D eigenvalue weighted by molar-refractivity contribution is -0.116. The lowest BCUT2D eigenvalue weighted by Crippen LogP contribution is -2.30. The average molecular weight is 619 g/mol. The summed E-state index contributed by atoms with van der Waals surface area (Å²) in [6.07, 6.45) is 2.21. The van der Waals surface area contributed by atoms with Crippen LogP contribution in [0.25, 0.3) is 6.08 Å². The van der Waals surface area contributed by atoms with Crippen LogP contribution in [0.2, 0.25) is 10.0 Å². The minimum absolute atomic E-state index is 0.0956. The average Bonchev–Trinajstić information content (AvgIpc) is 2.99. The van der Waals surface area contributed by atoms with Gasteiger partial charge in [-0.1, -0.05) is 84.2 Å². The molecule has 3 N–H and O–H groups in total. The molecule has 0 saturated heterocycles. The van der Waals surface area contributed by atoms with E-state index in [9.17, 15) is 14.4 Å². The highest BCUT2D eigenvalue weighted by Gasteiger charge is 2.20.